The summed E-state index contributed by atoms with van der Waals surface area (Å²) in [5, 5.41) is 5.95. The molecular formula is C47H27BN2O3. The van der Waals surface area contributed by atoms with Crippen molar-refractivity contribution in [3.05, 3.63) is 164 Å². The van der Waals surface area contributed by atoms with Gasteiger partial charge in [0.2, 0.25) is 6.71 Å². The summed E-state index contributed by atoms with van der Waals surface area (Å²) in [4.78, 5) is 19.6. The van der Waals surface area contributed by atoms with Crippen LogP contribution < -0.4 is 26.2 Å². The molecule has 0 fully saturated rings. The van der Waals surface area contributed by atoms with Gasteiger partial charge in [0.15, 0.2) is 5.58 Å². The quantitative estimate of drug-likeness (QED) is 0.175. The summed E-state index contributed by atoms with van der Waals surface area (Å²) < 4.78 is 13.1. The van der Waals surface area contributed by atoms with Crippen molar-refractivity contribution < 1.29 is 13.6 Å². The van der Waals surface area contributed by atoms with Gasteiger partial charge in [-0.15, -0.1) is 0 Å². The molecule has 2 amide bonds. The van der Waals surface area contributed by atoms with Crippen molar-refractivity contribution in [2.75, 3.05) is 9.80 Å². The molecule has 2 aliphatic rings. The van der Waals surface area contributed by atoms with Crippen LogP contribution in [0.5, 0.6) is 0 Å². The molecule has 8 aromatic carbocycles. The fraction of sp³-hybridized carbons (Fsp3) is 0. The molecule has 6 heteroatoms. The second-order valence-electron chi connectivity index (χ2n) is 13.9. The minimum Gasteiger partial charge on any atom is -0.456 e. The second kappa shape index (κ2) is 10.5. The number of nitrogens with zero attached hydrogens (tertiary/aromatic N) is 2. The summed E-state index contributed by atoms with van der Waals surface area (Å²) in [5.74, 6) is 0. The number of urea groups is 1. The number of carbonyl (C=O) groups excluding carboxylic acids is 1. The monoisotopic (exact) mass is 678 g/mol. The molecular weight excluding hydrogens is 651 g/mol. The van der Waals surface area contributed by atoms with Crippen LogP contribution >= 0.6 is 0 Å². The van der Waals surface area contributed by atoms with Gasteiger partial charge in [0, 0.05) is 21.5 Å². The number of benzene rings is 8. The highest BCUT2D eigenvalue weighted by atomic mass is 16.3. The van der Waals surface area contributed by atoms with E-state index in [1.165, 1.54) is 5.46 Å². The Kier molecular flexibility index (Phi) is 5.67. The van der Waals surface area contributed by atoms with E-state index in [9.17, 15) is 0 Å². The topological polar surface area (TPSA) is 49.8 Å². The Hall–Kier alpha value is -7.05. The van der Waals surface area contributed by atoms with Crippen LogP contribution in [0.15, 0.2) is 173 Å². The van der Waals surface area contributed by atoms with Crippen LogP contribution in [-0.4, -0.2) is 12.7 Å². The zero-order valence-corrected chi connectivity index (χ0v) is 28.3. The molecule has 4 heterocycles. The van der Waals surface area contributed by atoms with Crippen molar-refractivity contribution in [2.24, 2.45) is 0 Å². The zero-order chi connectivity index (χ0) is 34.8. The molecule has 0 unspecified atom stereocenters. The van der Waals surface area contributed by atoms with Gasteiger partial charge in [-0.1, -0.05) is 139 Å². The van der Waals surface area contributed by atoms with Crippen molar-refractivity contribution in [3.8, 4) is 11.1 Å². The number of anilines is 4. The third-order valence-corrected chi connectivity index (χ3v) is 11.3. The van der Waals surface area contributed by atoms with Crippen molar-refractivity contribution in [1.29, 1.82) is 0 Å². The van der Waals surface area contributed by atoms with Gasteiger partial charge < -0.3 is 8.83 Å². The molecule has 2 aliphatic heterocycles. The Morgan fingerprint density at radius 1 is 0.434 bits per heavy atom. The van der Waals surface area contributed by atoms with Crippen molar-refractivity contribution >= 4 is 107 Å². The van der Waals surface area contributed by atoms with E-state index in [4.69, 9.17) is 8.83 Å². The summed E-state index contributed by atoms with van der Waals surface area (Å²) in [6.45, 7) is -0.177. The first kappa shape index (κ1) is 28.6. The molecule has 0 saturated carbocycles. The van der Waals surface area contributed by atoms with Gasteiger partial charge in [0.25, 0.3) is 0 Å². The number of para-hydroxylation sites is 2. The molecule has 5 nitrogen and oxygen atoms in total. The van der Waals surface area contributed by atoms with Crippen LogP contribution in [0.4, 0.5) is 27.5 Å². The third kappa shape index (κ3) is 3.79. The van der Waals surface area contributed by atoms with E-state index < -0.39 is 0 Å². The van der Waals surface area contributed by atoms with Gasteiger partial charge in [-0.2, -0.15) is 0 Å². The van der Waals surface area contributed by atoms with E-state index in [0.717, 1.165) is 93.9 Å². The van der Waals surface area contributed by atoms with E-state index in [1.807, 2.05) is 70.5 Å². The number of hydrogen-bond acceptors (Lipinski definition) is 3. The smallest absolute Gasteiger partial charge is 0.338 e. The Morgan fingerprint density at radius 3 is 1.96 bits per heavy atom. The maximum absolute atomic E-state index is 15.8. The molecule has 0 bridgehead atoms. The molecule has 0 aliphatic carbocycles. The third-order valence-electron chi connectivity index (χ3n) is 11.3. The minimum absolute atomic E-state index is 0.167. The lowest BCUT2D eigenvalue weighted by molar-refractivity contribution is 0.255. The molecule has 0 radical (unpaired) electrons. The van der Waals surface area contributed by atoms with Crippen molar-refractivity contribution in [1.82, 2.24) is 0 Å². The molecule has 0 N–H and O–H groups in total. The summed E-state index contributed by atoms with van der Waals surface area (Å²) >= 11 is 0. The Balaban J connectivity index is 1.23. The highest BCUT2D eigenvalue weighted by Gasteiger charge is 2.46. The molecule has 10 aromatic rings. The molecule has 12 rings (SSSR count). The Labute approximate surface area is 304 Å². The highest BCUT2D eigenvalue weighted by Crippen LogP contribution is 2.50. The zero-order valence-electron chi connectivity index (χ0n) is 28.3. The first-order valence-electron chi connectivity index (χ1n) is 17.9. The molecule has 0 saturated heterocycles. The van der Waals surface area contributed by atoms with Crippen LogP contribution in [-0.2, 0) is 0 Å². The standard InChI is InChI=1S/C47H27BN2O3/c51-47-49(38-20-11-23-41-43(38)33-17-6-9-22-40(33)52-41)37-19-10-14-29-24-26-35-44(42(29)37)50(47)45-36(27-25-32-31-16-5-8-21-39(31)53-46(32)45)48(35)34-18-7-4-15-30(34)28-12-2-1-3-13-28/h1-27H. The van der Waals surface area contributed by atoms with Gasteiger partial charge >= 0.3 is 6.03 Å². The number of fused-ring (bicyclic) bond motifs is 9. The van der Waals surface area contributed by atoms with E-state index in [1.54, 1.807) is 0 Å². The lowest BCUT2D eigenvalue weighted by Gasteiger charge is -2.43. The maximum Gasteiger partial charge on any atom is 0.338 e. The number of rotatable bonds is 3. The minimum atomic E-state index is -0.177. The van der Waals surface area contributed by atoms with E-state index in [-0.39, 0.29) is 12.7 Å². The lowest BCUT2D eigenvalue weighted by Crippen LogP contribution is -2.61. The van der Waals surface area contributed by atoms with Crippen molar-refractivity contribution in [3.63, 3.8) is 0 Å². The van der Waals surface area contributed by atoms with E-state index in [0.29, 0.717) is 5.58 Å². The molecule has 246 valence electrons. The van der Waals surface area contributed by atoms with Crippen LogP contribution in [0.25, 0.3) is 65.8 Å². The number of amides is 2. The van der Waals surface area contributed by atoms with E-state index >= 15 is 4.79 Å². The summed E-state index contributed by atoms with van der Waals surface area (Å²) in [6.07, 6.45) is 0. The predicted octanol–water partition coefficient (Wildman–Crippen LogP) is 10.5. The van der Waals surface area contributed by atoms with Crippen molar-refractivity contribution in [2.45, 2.75) is 0 Å². The molecule has 0 atom stereocenters. The second-order valence-corrected chi connectivity index (χ2v) is 13.9. The Bertz CT molecular complexity index is 3180. The van der Waals surface area contributed by atoms with Gasteiger partial charge in [-0.05, 0) is 57.8 Å². The van der Waals surface area contributed by atoms with Gasteiger partial charge in [-0.25, -0.2) is 4.79 Å². The average Bonchev–Trinajstić information content (AvgIpc) is 3.79. The first-order chi connectivity index (χ1) is 26.2. The summed E-state index contributed by atoms with van der Waals surface area (Å²) in [5.41, 5.74) is 11.9. The number of furan rings is 2. The number of carbonyl (C=O) groups is 1. The van der Waals surface area contributed by atoms with Gasteiger partial charge in [0.1, 0.15) is 16.7 Å². The van der Waals surface area contributed by atoms with E-state index in [2.05, 4.69) is 103 Å². The normalized spacial score (nSPS) is 13.6. The SMILES string of the molecule is O=C1N2c3c(ccc4c3oc3ccccc34)B(c3ccccc3-c3ccccc3)c3ccc4cccc(c4c32)N1c1cccc2oc3ccccc3c12. The lowest BCUT2D eigenvalue weighted by atomic mass is 9.34. The average molecular weight is 679 g/mol. The van der Waals surface area contributed by atoms with Gasteiger partial charge in [-0.3, -0.25) is 9.80 Å². The Morgan fingerprint density at radius 2 is 1.09 bits per heavy atom. The largest absolute Gasteiger partial charge is 0.456 e. The number of hydrogen-bond donors (Lipinski definition) is 0. The fourth-order valence-corrected chi connectivity index (χ4v) is 9.08. The van der Waals surface area contributed by atoms with Crippen LogP contribution in [0, 0.1) is 0 Å². The highest BCUT2D eigenvalue weighted by molar-refractivity contribution is 6.99. The molecule has 2 aromatic heterocycles. The summed E-state index contributed by atoms with van der Waals surface area (Å²) in [6, 6.07) is 56.3. The van der Waals surface area contributed by atoms with Crippen LogP contribution in [0.1, 0.15) is 0 Å². The molecule has 0 spiro atoms. The van der Waals surface area contributed by atoms with Gasteiger partial charge in [0.05, 0.1) is 28.1 Å². The van der Waals surface area contributed by atoms with Crippen LogP contribution in [0.2, 0.25) is 0 Å². The first-order valence-corrected chi connectivity index (χ1v) is 17.9. The fourth-order valence-electron chi connectivity index (χ4n) is 9.08. The summed E-state index contributed by atoms with van der Waals surface area (Å²) in [7, 11) is 0. The molecule has 53 heavy (non-hydrogen) atoms. The maximum atomic E-state index is 15.8. The van der Waals surface area contributed by atoms with Crippen LogP contribution in [0.3, 0.4) is 0 Å². The predicted molar refractivity (Wildman–Crippen MR) is 218 cm³/mol.